The van der Waals surface area contributed by atoms with E-state index in [9.17, 15) is 8.42 Å². The Kier molecular flexibility index (Phi) is 5.14. The molecule has 0 saturated carbocycles. The molecule has 0 amide bonds. The van der Waals surface area contributed by atoms with E-state index in [2.05, 4.69) is 4.72 Å². The van der Waals surface area contributed by atoms with E-state index in [-0.39, 0.29) is 21.7 Å². The van der Waals surface area contributed by atoms with Crippen LogP contribution in [0.25, 0.3) is 0 Å². The highest BCUT2D eigenvalue weighted by Gasteiger charge is 2.21. The van der Waals surface area contributed by atoms with Crippen molar-refractivity contribution in [2.75, 3.05) is 11.8 Å². The molecule has 0 aromatic heterocycles. The van der Waals surface area contributed by atoms with Crippen molar-refractivity contribution in [3.05, 3.63) is 28.8 Å². The highest BCUT2D eigenvalue weighted by Crippen LogP contribution is 2.25. The summed E-state index contributed by atoms with van der Waals surface area (Å²) in [6.07, 6.45) is 0. The van der Waals surface area contributed by atoms with Gasteiger partial charge < -0.3 is 5.73 Å². The van der Waals surface area contributed by atoms with Gasteiger partial charge in [0.15, 0.2) is 0 Å². The first-order valence-corrected chi connectivity index (χ1v) is 7.73. The van der Waals surface area contributed by atoms with Gasteiger partial charge in [-0.05, 0) is 26.0 Å². The van der Waals surface area contributed by atoms with Crippen molar-refractivity contribution in [1.82, 2.24) is 4.31 Å². The topological polar surface area (TPSA) is 75.4 Å². The third-order valence-electron chi connectivity index (χ3n) is 2.60. The third kappa shape index (κ3) is 4.04. The Hall–Kier alpha value is -0.890. The summed E-state index contributed by atoms with van der Waals surface area (Å²) in [6, 6.07) is 4.52. The first kappa shape index (κ1) is 16.2. The Morgan fingerprint density at radius 3 is 2.53 bits per heavy atom. The average molecular weight is 322 g/mol. The number of hydrogen-bond acceptors (Lipinski definition) is 3. The lowest BCUT2D eigenvalue weighted by Gasteiger charge is -2.22. The normalized spacial score (nSPS) is 11.9. The predicted molar refractivity (Wildman–Crippen MR) is 82.8 cm³/mol. The average Bonchev–Trinajstić information content (AvgIpc) is 2.30. The molecule has 1 aromatic rings. The molecule has 0 spiro atoms. The predicted octanol–water partition coefficient (Wildman–Crippen LogP) is 1.97. The Bertz CT molecular complexity index is 588. The largest absolute Gasteiger partial charge is 0.389 e. The maximum absolute atomic E-state index is 12.1. The van der Waals surface area contributed by atoms with E-state index < -0.39 is 10.2 Å². The van der Waals surface area contributed by atoms with Gasteiger partial charge in [-0.15, -0.1) is 0 Å². The van der Waals surface area contributed by atoms with Crippen molar-refractivity contribution < 1.29 is 8.42 Å². The number of benzene rings is 1. The van der Waals surface area contributed by atoms with Crippen LogP contribution in [-0.4, -0.2) is 30.8 Å². The van der Waals surface area contributed by atoms with Crippen LogP contribution < -0.4 is 10.5 Å². The Morgan fingerprint density at radius 1 is 1.47 bits per heavy atom. The molecule has 0 heterocycles. The highest BCUT2D eigenvalue weighted by atomic mass is 35.5. The van der Waals surface area contributed by atoms with E-state index in [1.807, 2.05) is 0 Å². The highest BCUT2D eigenvalue weighted by molar-refractivity contribution is 7.90. The Morgan fingerprint density at radius 2 is 2.05 bits per heavy atom. The van der Waals surface area contributed by atoms with Crippen LogP contribution in [0.2, 0.25) is 5.02 Å². The summed E-state index contributed by atoms with van der Waals surface area (Å²) >= 11 is 10.8. The molecule has 0 fully saturated rings. The van der Waals surface area contributed by atoms with Crippen LogP contribution >= 0.6 is 23.8 Å². The second kappa shape index (κ2) is 6.04. The minimum absolute atomic E-state index is 0.171. The first-order chi connectivity index (χ1) is 8.65. The van der Waals surface area contributed by atoms with Crippen molar-refractivity contribution in [2.45, 2.75) is 19.9 Å². The molecule has 0 aliphatic rings. The van der Waals surface area contributed by atoms with Gasteiger partial charge in [0.25, 0.3) is 0 Å². The van der Waals surface area contributed by atoms with Gasteiger partial charge in [-0.25, -0.2) is 0 Å². The summed E-state index contributed by atoms with van der Waals surface area (Å²) in [6.45, 7) is 3.54. The second-order valence-electron chi connectivity index (χ2n) is 4.28. The van der Waals surface area contributed by atoms with E-state index in [0.717, 1.165) is 0 Å². The van der Waals surface area contributed by atoms with Gasteiger partial charge in [-0.1, -0.05) is 29.9 Å². The number of rotatable bonds is 5. The fourth-order valence-corrected chi connectivity index (χ4v) is 2.74. The zero-order chi connectivity index (χ0) is 14.8. The van der Waals surface area contributed by atoms with Crippen LogP contribution in [0.4, 0.5) is 5.69 Å². The van der Waals surface area contributed by atoms with Crippen molar-refractivity contribution >= 4 is 44.7 Å². The fraction of sp³-hybridized carbons (Fsp3) is 0.364. The van der Waals surface area contributed by atoms with Gasteiger partial charge in [0.05, 0.1) is 10.7 Å². The molecule has 19 heavy (non-hydrogen) atoms. The van der Waals surface area contributed by atoms with Crippen LogP contribution in [0.5, 0.6) is 0 Å². The van der Waals surface area contributed by atoms with Crippen molar-refractivity contribution in [3.63, 3.8) is 0 Å². The molecule has 0 bridgehead atoms. The van der Waals surface area contributed by atoms with Crippen molar-refractivity contribution in [3.8, 4) is 0 Å². The molecular weight excluding hydrogens is 306 g/mol. The van der Waals surface area contributed by atoms with Crippen molar-refractivity contribution in [2.24, 2.45) is 5.73 Å². The lowest BCUT2D eigenvalue weighted by Crippen LogP contribution is -2.37. The van der Waals surface area contributed by atoms with Crippen LogP contribution in [0.3, 0.4) is 0 Å². The fourth-order valence-electron chi connectivity index (χ4n) is 1.25. The minimum atomic E-state index is -3.66. The van der Waals surface area contributed by atoms with E-state index in [4.69, 9.17) is 29.6 Å². The standard InChI is InChI=1S/C11H16ClN3O2S2/c1-7(2)15(3)19(16,17)14-10-6-8(11(13)18)4-5-9(10)12/h4-7,14H,1-3H3,(H2,13,18). The van der Waals surface area contributed by atoms with E-state index in [1.54, 1.807) is 26.0 Å². The summed E-state index contributed by atoms with van der Waals surface area (Å²) in [5, 5.41) is 0.278. The number of halogens is 1. The van der Waals surface area contributed by atoms with Crippen molar-refractivity contribution in [1.29, 1.82) is 0 Å². The summed E-state index contributed by atoms with van der Waals surface area (Å²) in [5.74, 6) is 0. The summed E-state index contributed by atoms with van der Waals surface area (Å²) in [4.78, 5) is 0.175. The summed E-state index contributed by atoms with van der Waals surface area (Å²) in [7, 11) is -2.18. The van der Waals surface area contributed by atoms with E-state index in [1.165, 1.54) is 17.4 Å². The van der Waals surface area contributed by atoms with Crippen LogP contribution in [0, 0.1) is 0 Å². The first-order valence-electron chi connectivity index (χ1n) is 5.50. The number of nitrogens with one attached hydrogen (secondary N) is 1. The summed E-state index contributed by atoms with van der Waals surface area (Å²) in [5.41, 5.74) is 6.30. The number of nitrogens with two attached hydrogens (primary N) is 1. The third-order valence-corrected chi connectivity index (χ3v) is 4.82. The van der Waals surface area contributed by atoms with Crippen LogP contribution in [0.15, 0.2) is 18.2 Å². The summed E-state index contributed by atoms with van der Waals surface area (Å²) < 4.78 is 27.8. The Labute approximate surface area is 123 Å². The zero-order valence-corrected chi connectivity index (χ0v) is 13.2. The maximum atomic E-state index is 12.1. The number of hydrogen-bond donors (Lipinski definition) is 2. The number of anilines is 1. The molecular formula is C11H16ClN3O2S2. The van der Waals surface area contributed by atoms with E-state index in [0.29, 0.717) is 5.56 Å². The van der Waals surface area contributed by atoms with Gasteiger partial charge >= 0.3 is 10.2 Å². The molecule has 0 aliphatic carbocycles. The van der Waals surface area contributed by atoms with Gasteiger partial charge in [0, 0.05) is 18.7 Å². The lowest BCUT2D eigenvalue weighted by molar-refractivity contribution is 0.414. The maximum Gasteiger partial charge on any atom is 0.301 e. The molecule has 0 radical (unpaired) electrons. The Balaban J connectivity index is 3.12. The van der Waals surface area contributed by atoms with Gasteiger partial charge in [-0.3, -0.25) is 4.72 Å². The number of thiocarbonyl (C=S) groups is 1. The van der Waals surface area contributed by atoms with Crippen LogP contribution in [0.1, 0.15) is 19.4 Å². The molecule has 1 rings (SSSR count). The molecule has 0 saturated heterocycles. The van der Waals surface area contributed by atoms with Gasteiger partial charge in [-0.2, -0.15) is 12.7 Å². The quantitative estimate of drug-likeness (QED) is 0.813. The lowest BCUT2D eigenvalue weighted by atomic mass is 10.2. The van der Waals surface area contributed by atoms with Gasteiger partial charge in [0.2, 0.25) is 0 Å². The second-order valence-corrected chi connectivity index (χ2v) is 6.85. The molecule has 3 N–H and O–H groups in total. The minimum Gasteiger partial charge on any atom is -0.389 e. The van der Waals surface area contributed by atoms with Crippen LogP contribution in [-0.2, 0) is 10.2 Å². The monoisotopic (exact) mass is 321 g/mol. The number of nitrogens with zero attached hydrogens (tertiary/aromatic N) is 1. The van der Waals surface area contributed by atoms with E-state index >= 15 is 0 Å². The molecule has 0 aliphatic heterocycles. The molecule has 5 nitrogen and oxygen atoms in total. The molecule has 0 atom stereocenters. The molecule has 0 unspecified atom stereocenters. The SMILES string of the molecule is CC(C)N(C)S(=O)(=O)Nc1cc(C(N)=S)ccc1Cl. The molecule has 106 valence electrons. The zero-order valence-electron chi connectivity index (χ0n) is 10.8. The molecule has 8 heteroatoms. The molecule has 1 aromatic carbocycles. The smallest absolute Gasteiger partial charge is 0.301 e. The van der Waals surface area contributed by atoms with Gasteiger partial charge in [0.1, 0.15) is 4.99 Å².